The van der Waals surface area contributed by atoms with Crippen molar-refractivity contribution in [2.24, 2.45) is 0 Å². The fourth-order valence-corrected chi connectivity index (χ4v) is 2.87. The molecule has 6 heteroatoms. The lowest BCUT2D eigenvalue weighted by molar-refractivity contribution is 0.581. The zero-order chi connectivity index (χ0) is 14.4. The molecular formula is C15H11N5O. The predicted molar refractivity (Wildman–Crippen MR) is 76.1 cm³/mol. The van der Waals surface area contributed by atoms with E-state index in [4.69, 9.17) is 10.2 Å². The molecule has 0 aliphatic heterocycles. The molecule has 1 aliphatic carbocycles. The highest BCUT2D eigenvalue weighted by molar-refractivity contribution is 5.83. The first-order valence-corrected chi connectivity index (χ1v) is 6.58. The van der Waals surface area contributed by atoms with E-state index in [2.05, 4.69) is 21.3 Å². The van der Waals surface area contributed by atoms with Crippen LogP contribution in [-0.4, -0.2) is 15.2 Å². The molecule has 0 amide bonds. The van der Waals surface area contributed by atoms with E-state index >= 15 is 0 Å². The van der Waals surface area contributed by atoms with Crippen LogP contribution in [0.5, 0.6) is 0 Å². The van der Waals surface area contributed by atoms with Gasteiger partial charge in [0.05, 0.1) is 18.2 Å². The van der Waals surface area contributed by atoms with Crippen LogP contribution in [-0.2, 0) is 12.8 Å². The molecule has 102 valence electrons. The monoisotopic (exact) mass is 277 g/mol. The second kappa shape index (κ2) is 4.21. The van der Waals surface area contributed by atoms with Gasteiger partial charge in [0.1, 0.15) is 23.2 Å². The highest BCUT2D eigenvalue weighted by atomic mass is 16.3. The standard InChI is InChI=1S/C15H11N5O/c16-6-9-13(12-2-1-5-21-12)8-3-4-11-10(7-18-20-11)14(8)19-15(9)17/h1-2,5,7H,3-4H2,(H2,17,19)(H,18,20). The summed E-state index contributed by atoms with van der Waals surface area (Å²) in [7, 11) is 0. The molecule has 3 aromatic heterocycles. The summed E-state index contributed by atoms with van der Waals surface area (Å²) in [5.41, 5.74) is 10.9. The number of H-pyrrole nitrogens is 1. The molecule has 0 saturated carbocycles. The largest absolute Gasteiger partial charge is 0.464 e. The Balaban J connectivity index is 2.10. The summed E-state index contributed by atoms with van der Waals surface area (Å²) in [5.74, 6) is 0.862. The Morgan fingerprint density at radius 3 is 3.05 bits per heavy atom. The summed E-state index contributed by atoms with van der Waals surface area (Å²) in [5, 5.41) is 16.5. The van der Waals surface area contributed by atoms with Gasteiger partial charge in [0.15, 0.2) is 0 Å². The van der Waals surface area contributed by atoms with Crippen molar-refractivity contribution in [3.63, 3.8) is 0 Å². The molecule has 0 unspecified atom stereocenters. The number of nitrogens with two attached hydrogens (primary N) is 1. The van der Waals surface area contributed by atoms with Gasteiger partial charge in [-0.15, -0.1) is 0 Å². The van der Waals surface area contributed by atoms with Gasteiger partial charge in [-0.2, -0.15) is 10.4 Å². The van der Waals surface area contributed by atoms with E-state index in [-0.39, 0.29) is 5.82 Å². The number of nitrogens with one attached hydrogen (secondary N) is 1. The summed E-state index contributed by atoms with van der Waals surface area (Å²) in [4.78, 5) is 4.42. The Morgan fingerprint density at radius 1 is 1.38 bits per heavy atom. The number of aromatic nitrogens is 3. The molecule has 0 radical (unpaired) electrons. The number of hydrogen-bond donors (Lipinski definition) is 2. The zero-order valence-corrected chi connectivity index (χ0v) is 11.1. The normalized spacial score (nSPS) is 12.5. The van der Waals surface area contributed by atoms with Gasteiger partial charge in [-0.05, 0) is 30.5 Å². The third-order valence-electron chi connectivity index (χ3n) is 3.80. The quantitative estimate of drug-likeness (QED) is 0.710. The number of hydrogen-bond acceptors (Lipinski definition) is 5. The van der Waals surface area contributed by atoms with Crippen LogP contribution in [0.15, 0.2) is 29.0 Å². The maximum absolute atomic E-state index is 9.42. The lowest BCUT2D eigenvalue weighted by atomic mass is 9.88. The minimum atomic E-state index is 0.219. The molecule has 3 heterocycles. The third kappa shape index (κ3) is 1.58. The number of aromatic amines is 1. The first-order chi connectivity index (χ1) is 10.3. The Morgan fingerprint density at radius 2 is 2.29 bits per heavy atom. The lowest BCUT2D eigenvalue weighted by Gasteiger charge is -2.19. The number of anilines is 1. The topological polar surface area (TPSA) is 105 Å². The summed E-state index contributed by atoms with van der Waals surface area (Å²) >= 11 is 0. The Kier molecular flexibility index (Phi) is 2.35. The van der Waals surface area contributed by atoms with Gasteiger partial charge in [0.25, 0.3) is 0 Å². The van der Waals surface area contributed by atoms with E-state index in [1.165, 1.54) is 0 Å². The maximum Gasteiger partial charge on any atom is 0.142 e. The lowest BCUT2D eigenvalue weighted by Crippen LogP contribution is -2.10. The second-order valence-corrected chi connectivity index (χ2v) is 4.93. The fourth-order valence-electron chi connectivity index (χ4n) is 2.87. The van der Waals surface area contributed by atoms with Crippen LogP contribution < -0.4 is 5.73 Å². The molecule has 0 atom stereocenters. The van der Waals surface area contributed by atoms with Crippen molar-refractivity contribution in [3.05, 3.63) is 41.4 Å². The van der Waals surface area contributed by atoms with Crippen molar-refractivity contribution in [1.82, 2.24) is 15.2 Å². The van der Waals surface area contributed by atoms with E-state index in [0.717, 1.165) is 40.9 Å². The van der Waals surface area contributed by atoms with Crippen LogP contribution in [0.1, 0.15) is 16.8 Å². The van der Waals surface area contributed by atoms with Crippen LogP contribution in [0.3, 0.4) is 0 Å². The number of nitrogen functional groups attached to an aromatic ring is 1. The molecular weight excluding hydrogens is 266 g/mol. The first kappa shape index (κ1) is 11.7. The van der Waals surface area contributed by atoms with Gasteiger partial charge in [-0.25, -0.2) is 4.98 Å². The van der Waals surface area contributed by atoms with Gasteiger partial charge < -0.3 is 10.2 Å². The molecule has 0 aromatic carbocycles. The van der Waals surface area contributed by atoms with Crippen molar-refractivity contribution in [2.75, 3.05) is 5.73 Å². The van der Waals surface area contributed by atoms with Crippen molar-refractivity contribution in [3.8, 4) is 28.7 Å². The van der Waals surface area contributed by atoms with E-state index in [1.54, 1.807) is 18.5 Å². The molecule has 0 spiro atoms. The first-order valence-electron chi connectivity index (χ1n) is 6.58. The molecule has 0 bridgehead atoms. The number of pyridine rings is 1. The van der Waals surface area contributed by atoms with Gasteiger partial charge in [0, 0.05) is 16.8 Å². The molecule has 21 heavy (non-hydrogen) atoms. The highest BCUT2D eigenvalue weighted by Gasteiger charge is 2.27. The molecule has 4 rings (SSSR count). The smallest absolute Gasteiger partial charge is 0.142 e. The molecule has 0 saturated heterocycles. The minimum Gasteiger partial charge on any atom is -0.464 e. The van der Waals surface area contributed by atoms with Crippen molar-refractivity contribution in [1.29, 1.82) is 5.26 Å². The second-order valence-electron chi connectivity index (χ2n) is 4.93. The van der Waals surface area contributed by atoms with E-state index in [9.17, 15) is 5.26 Å². The highest BCUT2D eigenvalue weighted by Crippen LogP contribution is 2.40. The van der Waals surface area contributed by atoms with Crippen molar-refractivity contribution >= 4 is 5.82 Å². The van der Waals surface area contributed by atoms with Crippen LogP contribution in [0.4, 0.5) is 5.82 Å². The Hall–Kier alpha value is -3.07. The van der Waals surface area contributed by atoms with Gasteiger partial charge >= 0.3 is 0 Å². The molecule has 3 aromatic rings. The van der Waals surface area contributed by atoms with Crippen LogP contribution in [0.25, 0.3) is 22.6 Å². The number of aryl methyl sites for hydroxylation is 1. The van der Waals surface area contributed by atoms with Crippen LogP contribution >= 0.6 is 0 Å². The Bertz CT molecular complexity index is 870. The van der Waals surface area contributed by atoms with E-state index in [1.807, 2.05) is 6.07 Å². The zero-order valence-electron chi connectivity index (χ0n) is 11.1. The number of rotatable bonds is 1. The molecule has 3 N–H and O–H groups in total. The number of fused-ring (bicyclic) bond motifs is 3. The Labute approximate surface area is 120 Å². The van der Waals surface area contributed by atoms with Crippen LogP contribution in [0, 0.1) is 11.3 Å². The molecule has 1 aliphatic rings. The summed E-state index contributed by atoms with van der Waals surface area (Å²) in [6.45, 7) is 0. The van der Waals surface area contributed by atoms with E-state index in [0.29, 0.717) is 11.3 Å². The molecule has 6 nitrogen and oxygen atoms in total. The van der Waals surface area contributed by atoms with Crippen molar-refractivity contribution < 1.29 is 4.42 Å². The third-order valence-corrected chi connectivity index (χ3v) is 3.80. The number of furan rings is 1. The van der Waals surface area contributed by atoms with E-state index < -0.39 is 0 Å². The average Bonchev–Trinajstić information content (AvgIpc) is 3.17. The van der Waals surface area contributed by atoms with Crippen LogP contribution in [0.2, 0.25) is 0 Å². The average molecular weight is 277 g/mol. The van der Waals surface area contributed by atoms with Crippen molar-refractivity contribution in [2.45, 2.75) is 12.8 Å². The maximum atomic E-state index is 9.42. The number of nitriles is 1. The van der Waals surface area contributed by atoms with Gasteiger partial charge in [-0.1, -0.05) is 0 Å². The molecule has 0 fully saturated rings. The fraction of sp³-hybridized carbons (Fsp3) is 0.133. The predicted octanol–water partition coefficient (Wildman–Crippen LogP) is 2.28. The van der Waals surface area contributed by atoms with Gasteiger partial charge in [0.2, 0.25) is 0 Å². The summed E-state index contributed by atoms with van der Waals surface area (Å²) in [6.07, 6.45) is 4.93. The minimum absolute atomic E-state index is 0.219. The summed E-state index contributed by atoms with van der Waals surface area (Å²) in [6, 6.07) is 5.78. The van der Waals surface area contributed by atoms with Gasteiger partial charge in [-0.3, -0.25) is 5.10 Å². The SMILES string of the molecule is N#Cc1c(N)nc2c(c1-c1ccco1)CCc1[nH]ncc1-2. The summed E-state index contributed by atoms with van der Waals surface area (Å²) < 4.78 is 5.49. The number of nitrogens with zero attached hydrogens (tertiary/aromatic N) is 3.